The second-order valence-electron chi connectivity index (χ2n) is 5.14. The second-order valence-corrected chi connectivity index (χ2v) is 5.14. The number of carboxylic acids is 1. The molecular formula is C15H16N2O5. The Kier molecular flexibility index (Phi) is 4.88. The predicted octanol–water partition coefficient (Wildman–Crippen LogP) is 1.93. The lowest BCUT2D eigenvalue weighted by Gasteiger charge is -2.29. The zero-order valence-electron chi connectivity index (χ0n) is 11.8. The van der Waals surface area contributed by atoms with Crippen molar-refractivity contribution in [2.45, 2.75) is 12.8 Å². The monoisotopic (exact) mass is 304 g/mol. The van der Waals surface area contributed by atoms with Crippen LogP contribution in [0.4, 0.5) is 5.69 Å². The van der Waals surface area contributed by atoms with Crippen molar-refractivity contribution in [3.05, 3.63) is 46.0 Å². The summed E-state index contributed by atoms with van der Waals surface area (Å²) in [7, 11) is 0. The quantitative estimate of drug-likeness (QED) is 0.520. The van der Waals surface area contributed by atoms with Crippen molar-refractivity contribution in [3.63, 3.8) is 0 Å². The summed E-state index contributed by atoms with van der Waals surface area (Å²) in [4.78, 5) is 34.6. The van der Waals surface area contributed by atoms with Crippen LogP contribution in [0.5, 0.6) is 0 Å². The molecule has 116 valence electrons. The average Bonchev–Trinajstić information content (AvgIpc) is 2.53. The number of piperidine rings is 1. The van der Waals surface area contributed by atoms with Crippen molar-refractivity contribution >= 4 is 23.6 Å². The highest BCUT2D eigenvalue weighted by Crippen LogP contribution is 2.17. The summed E-state index contributed by atoms with van der Waals surface area (Å²) in [5.41, 5.74) is 0.662. The van der Waals surface area contributed by atoms with Crippen LogP contribution in [-0.2, 0) is 9.59 Å². The Hall–Kier alpha value is -2.70. The molecular weight excluding hydrogens is 288 g/mol. The highest BCUT2D eigenvalue weighted by Gasteiger charge is 2.27. The molecule has 1 fully saturated rings. The van der Waals surface area contributed by atoms with Gasteiger partial charge in [-0.15, -0.1) is 0 Å². The number of carbonyl (C=O) groups excluding carboxylic acids is 1. The molecule has 1 unspecified atom stereocenters. The lowest BCUT2D eigenvalue weighted by atomic mass is 9.98. The third kappa shape index (κ3) is 3.91. The molecule has 1 aliphatic heterocycles. The molecule has 1 heterocycles. The van der Waals surface area contributed by atoms with Gasteiger partial charge >= 0.3 is 5.97 Å². The van der Waals surface area contributed by atoms with Crippen molar-refractivity contribution in [3.8, 4) is 0 Å². The van der Waals surface area contributed by atoms with E-state index in [9.17, 15) is 19.7 Å². The topological polar surface area (TPSA) is 101 Å². The van der Waals surface area contributed by atoms with E-state index in [-0.39, 0.29) is 18.1 Å². The molecule has 2 rings (SSSR count). The van der Waals surface area contributed by atoms with Crippen LogP contribution < -0.4 is 0 Å². The van der Waals surface area contributed by atoms with Gasteiger partial charge in [0.25, 0.3) is 5.69 Å². The van der Waals surface area contributed by atoms with E-state index in [2.05, 4.69) is 0 Å². The number of hydrogen-bond donors (Lipinski definition) is 1. The van der Waals surface area contributed by atoms with E-state index in [0.717, 1.165) is 0 Å². The maximum atomic E-state index is 12.1. The van der Waals surface area contributed by atoms with Crippen LogP contribution in [0.1, 0.15) is 18.4 Å². The molecule has 1 amide bonds. The molecule has 0 saturated carbocycles. The van der Waals surface area contributed by atoms with Crippen LogP contribution in [-0.4, -0.2) is 39.9 Å². The Morgan fingerprint density at radius 2 is 2.00 bits per heavy atom. The zero-order valence-corrected chi connectivity index (χ0v) is 11.8. The molecule has 7 nitrogen and oxygen atoms in total. The first-order valence-corrected chi connectivity index (χ1v) is 6.91. The fraction of sp³-hybridized carbons (Fsp3) is 0.333. The van der Waals surface area contributed by atoms with Gasteiger partial charge in [-0.1, -0.05) is 0 Å². The highest BCUT2D eigenvalue weighted by atomic mass is 16.6. The van der Waals surface area contributed by atoms with Gasteiger partial charge in [-0.25, -0.2) is 0 Å². The smallest absolute Gasteiger partial charge is 0.308 e. The van der Waals surface area contributed by atoms with Crippen LogP contribution in [0, 0.1) is 16.0 Å². The van der Waals surface area contributed by atoms with Crippen molar-refractivity contribution in [2.24, 2.45) is 5.92 Å². The molecule has 0 spiro atoms. The second kappa shape index (κ2) is 6.84. The number of nitro benzene ring substituents is 1. The molecule has 1 aromatic carbocycles. The standard InChI is InChI=1S/C15H16N2O5/c18-14(16-9-1-2-12(10-16)15(19)20)8-5-11-3-6-13(7-4-11)17(21)22/h3-8,12H,1-2,9-10H2,(H,19,20)/b8-5+. The predicted molar refractivity (Wildman–Crippen MR) is 79.1 cm³/mol. The number of benzene rings is 1. The summed E-state index contributed by atoms with van der Waals surface area (Å²) in [6.45, 7) is 0.770. The minimum Gasteiger partial charge on any atom is -0.481 e. The van der Waals surface area contributed by atoms with Gasteiger partial charge in [0.2, 0.25) is 5.91 Å². The Labute approximate surface area is 127 Å². The van der Waals surface area contributed by atoms with Crippen molar-refractivity contribution in [1.29, 1.82) is 0 Å². The molecule has 1 aromatic rings. The number of likely N-dealkylation sites (tertiary alicyclic amines) is 1. The van der Waals surface area contributed by atoms with Crippen LogP contribution in [0.15, 0.2) is 30.3 Å². The third-order valence-corrected chi connectivity index (χ3v) is 3.60. The van der Waals surface area contributed by atoms with E-state index >= 15 is 0 Å². The summed E-state index contributed by atoms with van der Waals surface area (Å²) in [5, 5.41) is 19.6. The van der Waals surface area contributed by atoms with E-state index < -0.39 is 16.8 Å². The van der Waals surface area contributed by atoms with Gasteiger partial charge in [0.05, 0.1) is 10.8 Å². The fourth-order valence-corrected chi connectivity index (χ4v) is 2.36. The number of carbonyl (C=O) groups is 2. The Bertz CT molecular complexity index is 609. The van der Waals surface area contributed by atoms with Crippen LogP contribution in [0.2, 0.25) is 0 Å². The Balaban J connectivity index is 1.98. The lowest BCUT2D eigenvalue weighted by molar-refractivity contribution is -0.384. The first kappa shape index (κ1) is 15.7. The number of nitrogens with zero attached hydrogens (tertiary/aromatic N) is 2. The molecule has 7 heteroatoms. The summed E-state index contributed by atoms with van der Waals surface area (Å²) in [5.74, 6) is -1.63. The number of rotatable bonds is 4. The van der Waals surface area contributed by atoms with Crippen LogP contribution in [0.25, 0.3) is 6.08 Å². The number of carboxylic acid groups (broad SMARTS) is 1. The van der Waals surface area contributed by atoms with Gasteiger partial charge in [-0.3, -0.25) is 19.7 Å². The van der Waals surface area contributed by atoms with Gasteiger partial charge in [0.15, 0.2) is 0 Å². The molecule has 0 bridgehead atoms. The van der Waals surface area contributed by atoms with Gasteiger partial charge in [-0.05, 0) is 36.6 Å². The lowest BCUT2D eigenvalue weighted by Crippen LogP contribution is -2.41. The normalized spacial score (nSPS) is 18.4. The van der Waals surface area contributed by atoms with Crippen molar-refractivity contribution in [2.75, 3.05) is 13.1 Å². The highest BCUT2D eigenvalue weighted by molar-refractivity contribution is 5.92. The van der Waals surface area contributed by atoms with E-state index in [1.807, 2.05) is 0 Å². The number of nitro groups is 1. The van der Waals surface area contributed by atoms with Gasteiger partial charge in [0.1, 0.15) is 0 Å². The van der Waals surface area contributed by atoms with Gasteiger partial charge in [-0.2, -0.15) is 0 Å². The molecule has 0 radical (unpaired) electrons. The first-order chi connectivity index (χ1) is 10.5. The maximum Gasteiger partial charge on any atom is 0.308 e. The largest absolute Gasteiger partial charge is 0.481 e. The number of amides is 1. The van der Waals surface area contributed by atoms with Crippen LogP contribution >= 0.6 is 0 Å². The average molecular weight is 304 g/mol. The molecule has 0 aromatic heterocycles. The molecule has 1 N–H and O–H groups in total. The van der Waals surface area contributed by atoms with E-state index in [0.29, 0.717) is 24.9 Å². The minimum absolute atomic E-state index is 0.0104. The Morgan fingerprint density at radius 1 is 1.32 bits per heavy atom. The summed E-state index contributed by atoms with van der Waals surface area (Å²) >= 11 is 0. The zero-order chi connectivity index (χ0) is 16.1. The number of non-ortho nitro benzene ring substituents is 1. The summed E-state index contributed by atoms with van der Waals surface area (Å²) < 4.78 is 0. The third-order valence-electron chi connectivity index (χ3n) is 3.60. The maximum absolute atomic E-state index is 12.1. The number of hydrogen-bond acceptors (Lipinski definition) is 4. The van der Waals surface area contributed by atoms with E-state index in [1.165, 1.54) is 23.1 Å². The molecule has 1 saturated heterocycles. The summed E-state index contributed by atoms with van der Waals surface area (Å²) in [6.07, 6.45) is 4.20. The van der Waals surface area contributed by atoms with Gasteiger partial charge in [0, 0.05) is 31.3 Å². The van der Waals surface area contributed by atoms with Gasteiger partial charge < -0.3 is 10.0 Å². The SMILES string of the molecule is O=C(O)C1CCCN(C(=O)/C=C/c2ccc([N+](=O)[O-])cc2)C1. The molecule has 1 atom stereocenters. The number of aliphatic carboxylic acids is 1. The fourth-order valence-electron chi connectivity index (χ4n) is 2.36. The summed E-state index contributed by atoms with van der Waals surface area (Å²) in [6, 6.07) is 5.84. The minimum atomic E-state index is -0.878. The molecule has 0 aliphatic carbocycles. The van der Waals surface area contributed by atoms with E-state index in [1.54, 1.807) is 18.2 Å². The first-order valence-electron chi connectivity index (χ1n) is 6.91. The van der Waals surface area contributed by atoms with Crippen molar-refractivity contribution < 1.29 is 19.6 Å². The molecule has 1 aliphatic rings. The van der Waals surface area contributed by atoms with Crippen molar-refractivity contribution in [1.82, 2.24) is 4.90 Å². The molecule has 22 heavy (non-hydrogen) atoms. The van der Waals surface area contributed by atoms with E-state index in [4.69, 9.17) is 5.11 Å². The Morgan fingerprint density at radius 3 is 2.59 bits per heavy atom. The van der Waals surface area contributed by atoms with Crippen LogP contribution in [0.3, 0.4) is 0 Å².